The van der Waals surface area contributed by atoms with Crippen molar-refractivity contribution in [1.82, 2.24) is 10.3 Å². The normalized spacial score (nSPS) is 16.9. The number of aromatic nitrogens is 1. The lowest BCUT2D eigenvalue weighted by Crippen LogP contribution is -2.32. The molecule has 1 aliphatic carbocycles. The molecule has 1 aromatic heterocycles. The second-order valence-electron chi connectivity index (χ2n) is 5.73. The summed E-state index contributed by atoms with van der Waals surface area (Å²) < 4.78 is 0. The molecule has 100 valence electrons. The minimum Gasteiger partial charge on any atom is -0.370 e. The van der Waals surface area contributed by atoms with Crippen LogP contribution < -0.4 is 10.2 Å². The number of hydrogen-bond acceptors (Lipinski definition) is 3. The zero-order valence-corrected chi connectivity index (χ0v) is 12.0. The Morgan fingerprint density at radius 1 is 1.39 bits per heavy atom. The van der Waals surface area contributed by atoms with Crippen LogP contribution in [0.3, 0.4) is 0 Å². The van der Waals surface area contributed by atoms with Gasteiger partial charge in [0.1, 0.15) is 0 Å². The molecule has 0 amide bonds. The van der Waals surface area contributed by atoms with Gasteiger partial charge in [0, 0.05) is 31.9 Å². The van der Waals surface area contributed by atoms with Gasteiger partial charge in [0.15, 0.2) is 0 Å². The van der Waals surface area contributed by atoms with Crippen molar-refractivity contribution in [3.05, 3.63) is 24.0 Å². The predicted molar refractivity (Wildman–Crippen MR) is 76.8 cm³/mol. The molecule has 0 aromatic carbocycles. The van der Waals surface area contributed by atoms with E-state index in [1.807, 2.05) is 12.4 Å². The number of hydrogen-bond donors (Lipinski definition) is 1. The topological polar surface area (TPSA) is 28.2 Å². The molecule has 1 saturated carbocycles. The first kappa shape index (κ1) is 13.3. The maximum atomic E-state index is 4.29. The molecule has 18 heavy (non-hydrogen) atoms. The maximum Gasteiger partial charge on any atom is 0.0598 e. The van der Waals surface area contributed by atoms with Crippen molar-refractivity contribution in [2.45, 2.75) is 52.2 Å². The zero-order valence-electron chi connectivity index (χ0n) is 12.0. The van der Waals surface area contributed by atoms with E-state index in [0.29, 0.717) is 12.1 Å². The van der Waals surface area contributed by atoms with E-state index in [2.05, 4.69) is 49.1 Å². The van der Waals surface area contributed by atoms with Crippen LogP contribution in [0.5, 0.6) is 0 Å². The summed E-state index contributed by atoms with van der Waals surface area (Å²) in [4.78, 5) is 6.68. The Labute approximate surface area is 111 Å². The van der Waals surface area contributed by atoms with E-state index in [1.54, 1.807) is 0 Å². The van der Waals surface area contributed by atoms with E-state index >= 15 is 0 Å². The fourth-order valence-corrected chi connectivity index (χ4v) is 2.31. The smallest absolute Gasteiger partial charge is 0.0598 e. The van der Waals surface area contributed by atoms with Crippen LogP contribution in [0.15, 0.2) is 18.5 Å². The molecule has 3 heteroatoms. The lowest BCUT2D eigenvalue weighted by atomic mass is 10.1. The first-order valence-electron chi connectivity index (χ1n) is 6.98. The Morgan fingerprint density at radius 3 is 2.72 bits per heavy atom. The Morgan fingerprint density at radius 2 is 2.11 bits per heavy atom. The molecule has 1 aliphatic rings. The lowest BCUT2D eigenvalue weighted by Gasteiger charge is -2.29. The molecule has 1 atom stereocenters. The SMILES string of the molecule is CC(C)NCc1ccncc1N(C)C(C)C1CC1. The van der Waals surface area contributed by atoms with Crippen molar-refractivity contribution in [3.8, 4) is 0 Å². The molecule has 2 rings (SSSR count). The molecule has 1 aromatic rings. The van der Waals surface area contributed by atoms with Gasteiger partial charge in [0.05, 0.1) is 11.9 Å². The highest BCUT2D eigenvalue weighted by Gasteiger charge is 2.31. The highest BCUT2D eigenvalue weighted by Crippen LogP contribution is 2.36. The van der Waals surface area contributed by atoms with Crippen LogP contribution in [0.4, 0.5) is 5.69 Å². The fourth-order valence-electron chi connectivity index (χ4n) is 2.31. The van der Waals surface area contributed by atoms with Gasteiger partial charge in [-0.2, -0.15) is 0 Å². The molecular weight excluding hydrogens is 222 g/mol. The van der Waals surface area contributed by atoms with Crippen LogP contribution >= 0.6 is 0 Å². The quantitative estimate of drug-likeness (QED) is 0.838. The van der Waals surface area contributed by atoms with Gasteiger partial charge in [0.2, 0.25) is 0 Å². The zero-order chi connectivity index (χ0) is 13.1. The Hall–Kier alpha value is -1.09. The molecule has 0 spiro atoms. The Bertz CT molecular complexity index is 385. The number of anilines is 1. The number of pyridine rings is 1. The molecule has 1 unspecified atom stereocenters. The highest BCUT2D eigenvalue weighted by atomic mass is 15.1. The van der Waals surface area contributed by atoms with Crippen molar-refractivity contribution in [1.29, 1.82) is 0 Å². The molecule has 3 nitrogen and oxygen atoms in total. The largest absolute Gasteiger partial charge is 0.370 e. The Balaban J connectivity index is 2.10. The van der Waals surface area contributed by atoms with Gasteiger partial charge in [0.25, 0.3) is 0 Å². The first-order chi connectivity index (χ1) is 8.59. The number of rotatable bonds is 6. The molecular formula is C15H25N3. The maximum absolute atomic E-state index is 4.29. The van der Waals surface area contributed by atoms with E-state index in [1.165, 1.54) is 24.1 Å². The van der Waals surface area contributed by atoms with Crippen LogP contribution in [-0.4, -0.2) is 24.1 Å². The van der Waals surface area contributed by atoms with Gasteiger partial charge < -0.3 is 10.2 Å². The lowest BCUT2D eigenvalue weighted by molar-refractivity contribution is 0.578. The van der Waals surface area contributed by atoms with Crippen molar-refractivity contribution in [2.24, 2.45) is 5.92 Å². The molecule has 1 fully saturated rings. The molecule has 0 saturated heterocycles. The molecule has 1 heterocycles. The standard InChI is InChI=1S/C15H25N3/c1-11(2)17-9-14-7-8-16-10-15(14)18(4)12(3)13-5-6-13/h7-8,10-13,17H,5-6,9H2,1-4H3. The van der Waals surface area contributed by atoms with Gasteiger partial charge in [-0.3, -0.25) is 4.98 Å². The summed E-state index contributed by atoms with van der Waals surface area (Å²) in [7, 11) is 2.19. The molecule has 0 aliphatic heterocycles. The van der Waals surface area contributed by atoms with E-state index < -0.39 is 0 Å². The summed E-state index contributed by atoms with van der Waals surface area (Å²) in [6, 6.07) is 3.25. The van der Waals surface area contributed by atoms with Crippen LogP contribution in [-0.2, 0) is 6.54 Å². The predicted octanol–water partition coefficient (Wildman–Crippen LogP) is 2.81. The monoisotopic (exact) mass is 247 g/mol. The summed E-state index contributed by atoms with van der Waals surface area (Å²) in [6.07, 6.45) is 6.64. The minimum atomic E-state index is 0.511. The number of nitrogens with zero attached hydrogens (tertiary/aromatic N) is 2. The summed E-state index contributed by atoms with van der Waals surface area (Å²) >= 11 is 0. The van der Waals surface area contributed by atoms with E-state index in [4.69, 9.17) is 0 Å². The summed E-state index contributed by atoms with van der Waals surface area (Å²) in [5.74, 6) is 0.876. The van der Waals surface area contributed by atoms with E-state index in [-0.39, 0.29) is 0 Å². The van der Waals surface area contributed by atoms with Crippen molar-refractivity contribution in [2.75, 3.05) is 11.9 Å². The van der Waals surface area contributed by atoms with E-state index in [9.17, 15) is 0 Å². The van der Waals surface area contributed by atoms with Gasteiger partial charge in [-0.15, -0.1) is 0 Å². The third-order valence-electron chi connectivity index (χ3n) is 3.88. The van der Waals surface area contributed by atoms with Crippen LogP contribution in [0, 0.1) is 5.92 Å². The van der Waals surface area contributed by atoms with Gasteiger partial charge in [-0.05, 0) is 37.3 Å². The first-order valence-corrected chi connectivity index (χ1v) is 6.98. The third kappa shape index (κ3) is 3.22. The average molecular weight is 247 g/mol. The van der Waals surface area contributed by atoms with Crippen molar-refractivity contribution < 1.29 is 0 Å². The van der Waals surface area contributed by atoms with Crippen LogP contribution in [0.1, 0.15) is 39.2 Å². The molecule has 0 radical (unpaired) electrons. The summed E-state index contributed by atoms with van der Waals surface area (Å²) in [5, 5.41) is 3.49. The fraction of sp³-hybridized carbons (Fsp3) is 0.667. The second kappa shape index (κ2) is 5.70. The van der Waals surface area contributed by atoms with Crippen LogP contribution in [0.2, 0.25) is 0 Å². The molecule has 0 bridgehead atoms. The summed E-state index contributed by atoms with van der Waals surface area (Å²) in [6.45, 7) is 7.59. The highest BCUT2D eigenvalue weighted by molar-refractivity contribution is 5.52. The van der Waals surface area contributed by atoms with Crippen LogP contribution in [0.25, 0.3) is 0 Å². The van der Waals surface area contributed by atoms with Gasteiger partial charge in [-0.1, -0.05) is 13.8 Å². The second-order valence-corrected chi connectivity index (χ2v) is 5.73. The average Bonchev–Trinajstić information content (AvgIpc) is 3.19. The van der Waals surface area contributed by atoms with Crippen molar-refractivity contribution >= 4 is 5.69 Å². The number of nitrogens with one attached hydrogen (secondary N) is 1. The molecule has 1 N–H and O–H groups in total. The van der Waals surface area contributed by atoms with Gasteiger partial charge >= 0.3 is 0 Å². The minimum absolute atomic E-state index is 0.511. The van der Waals surface area contributed by atoms with Crippen molar-refractivity contribution in [3.63, 3.8) is 0 Å². The summed E-state index contributed by atoms with van der Waals surface area (Å²) in [5.41, 5.74) is 2.61. The Kier molecular flexibility index (Phi) is 4.23. The van der Waals surface area contributed by atoms with Gasteiger partial charge in [-0.25, -0.2) is 0 Å². The third-order valence-corrected chi connectivity index (χ3v) is 3.88. The van der Waals surface area contributed by atoms with E-state index in [0.717, 1.165) is 12.5 Å².